The van der Waals surface area contributed by atoms with E-state index in [1.807, 2.05) is 0 Å². The molecule has 0 amide bonds. The first-order valence-electron chi connectivity index (χ1n) is 4.48. The Labute approximate surface area is 107 Å². The van der Waals surface area contributed by atoms with Crippen molar-refractivity contribution in [2.24, 2.45) is 0 Å². The molecule has 0 aliphatic carbocycles. The minimum Gasteiger partial charge on any atom is -0.477 e. The lowest BCUT2D eigenvalue weighted by atomic mass is 10.1. The van der Waals surface area contributed by atoms with Gasteiger partial charge in [0.2, 0.25) is 0 Å². The van der Waals surface area contributed by atoms with Crippen molar-refractivity contribution in [2.45, 2.75) is 5.88 Å². The summed E-state index contributed by atoms with van der Waals surface area (Å²) in [5.74, 6) is -0.982. The summed E-state index contributed by atoms with van der Waals surface area (Å²) < 4.78 is 4.87. The average Bonchev–Trinajstić information content (AvgIpc) is 2.27. The predicted molar refractivity (Wildman–Crippen MR) is 66.2 cm³/mol. The lowest BCUT2D eigenvalue weighted by Crippen LogP contribution is -2.12. The van der Waals surface area contributed by atoms with E-state index in [1.165, 1.54) is 6.07 Å². The second-order valence-corrected chi connectivity index (χ2v) is 3.53. The number of fused-ring (bicyclic) bond motifs is 1. The number of hydrogen-bond acceptors (Lipinski definition) is 3. The average molecular weight is 275 g/mol. The second-order valence-electron chi connectivity index (χ2n) is 3.26. The molecule has 0 unspecified atom stereocenters. The molecule has 2 aromatic rings. The zero-order valence-electron chi connectivity index (χ0n) is 8.47. The zero-order valence-corrected chi connectivity index (χ0v) is 10.0. The molecule has 0 radical (unpaired) electrons. The van der Waals surface area contributed by atoms with Gasteiger partial charge in [0, 0.05) is 11.3 Å². The number of alkyl halides is 1. The minimum absolute atomic E-state index is 0. The standard InChI is InChI=1S/C11H7ClO4.ClH/c12-5-6-1-2-9-7(3-6)4-8(10(13)14)11(15)16-9;/h1-4H,5H2,(H,13,14);1H. The summed E-state index contributed by atoms with van der Waals surface area (Å²) in [6.07, 6.45) is 0. The maximum atomic E-state index is 11.3. The van der Waals surface area contributed by atoms with E-state index in [4.69, 9.17) is 21.1 Å². The molecule has 0 atom stereocenters. The maximum absolute atomic E-state index is 11.3. The number of rotatable bonds is 2. The van der Waals surface area contributed by atoms with Crippen molar-refractivity contribution < 1.29 is 14.3 Å². The van der Waals surface area contributed by atoms with Crippen LogP contribution in [-0.2, 0) is 5.88 Å². The topological polar surface area (TPSA) is 67.5 Å². The molecule has 0 saturated carbocycles. The van der Waals surface area contributed by atoms with Crippen LogP contribution < -0.4 is 5.63 Å². The molecular formula is C11H8Cl2O4. The van der Waals surface area contributed by atoms with Gasteiger partial charge in [-0.3, -0.25) is 0 Å². The van der Waals surface area contributed by atoms with Gasteiger partial charge >= 0.3 is 11.6 Å². The van der Waals surface area contributed by atoms with Crippen LogP contribution >= 0.6 is 24.0 Å². The van der Waals surface area contributed by atoms with Crippen molar-refractivity contribution in [3.8, 4) is 0 Å². The van der Waals surface area contributed by atoms with Gasteiger partial charge in [-0.1, -0.05) is 6.07 Å². The first-order chi connectivity index (χ1) is 7.61. The second kappa shape index (κ2) is 5.21. The van der Waals surface area contributed by atoms with Crippen LogP contribution in [0.25, 0.3) is 11.0 Å². The van der Waals surface area contributed by atoms with E-state index in [1.54, 1.807) is 18.2 Å². The van der Waals surface area contributed by atoms with Crippen molar-refractivity contribution in [2.75, 3.05) is 0 Å². The fourth-order valence-corrected chi connectivity index (χ4v) is 1.57. The highest BCUT2D eigenvalue weighted by molar-refractivity contribution is 6.17. The Bertz CT molecular complexity index is 618. The number of carboxylic acids is 1. The van der Waals surface area contributed by atoms with Crippen LogP contribution in [0.15, 0.2) is 33.5 Å². The van der Waals surface area contributed by atoms with E-state index in [0.29, 0.717) is 16.8 Å². The van der Waals surface area contributed by atoms with Gasteiger partial charge in [-0.05, 0) is 23.8 Å². The molecule has 0 saturated heterocycles. The minimum atomic E-state index is -1.30. The van der Waals surface area contributed by atoms with Crippen LogP contribution in [0.5, 0.6) is 0 Å². The van der Waals surface area contributed by atoms with Crippen LogP contribution in [0, 0.1) is 0 Å². The van der Waals surface area contributed by atoms with Crippen molar-refractivity contribution in [1.29, 1.82) is 0 Å². The fraction of sp³-hybridized carbons (Fsp3) is 0.0909. The van der Waals surface area contributed by atoms with Crippen molar-refractivity contribution >= 4 is 40.9 Å². The van der Waals surface area contributed by atoms with Crippen LogP contribution in [0.4, 0.5) is 0 Å². The Hall–Kier alpha value is -1.52. The smallest absolute Gasteiger partial charge is 0.351 e. The van der Waals surface area contributed by atoms with Crippen LogP contribution in [0.3, 0.4) is 0 Å². The zero-order chi connectivity index (χ0) is 11.7. The number of hydrogen-bond donors (Lipinski definition) is 1. The summed E-state index contributed by atoms with van der Waals surface area (Å²) in [6, 6.07) is 6.30. The molecule has 1 aromatic heterocycles. The highest BCUT2D eigenvalue weighted by Crippen LogP contribution is 2.16. The first kappa shape index (κ1) is 13.5. The van der Waals surface area contributed by atoms with Crippen LogP contribution in [0.1, 0.15) is 15.9 Å². The van der Waals surface area contributed by atoms with Gasteiger partial charge in [0.05, 0.1) is 0 Å². The van der Waals surface area contributed by atoms with Gasteiger partial charge < -0.3 is 9.52 Å². The molecule has 1 heterocycles. The summed E-state index contributed by atoms with van der Waals surface area (Å²) in [5, 5.41) is 9.32. The van der Waals surface area contributed by atoms with Crippen LogP contribution in [-0.4, -0.2) is 11.1 Å². The number of halogens is 2. The third-order valence-corrected chi connectivity index (χ3v) is 2.49. The lowest BCUT2D eigenvalue weighted by molar-refractivity contribution is 0.0692. The first-order valence-corrected chi connectivity index (χ1v) is 5.01. The van der Waals surface area contributed by atoms with E-state index in [9.17, 15) is 9.59 Å². The van der Waals surface area contributed by atoms with E-state index in [0.717, 1.165) is 5.56 Å². The van der Waals surface area contributed by atoms with E-state index < -0.39 is 11.6 Å². The highest BCUT2D eigenvalue weighted by Gasteiger charge is 2.11. The van der Waals surface area contributed by atoms with E-state index >= 15 is 0 Å². The highest BCUT2D eigenvalue weighted by atomic mass is 35.5. The largest absolute Gasteiger partial charge is 0.477 e. The van der Waals surface area contributed by atoms with Gasteiger partial charge in [-0.25, -0.2) is 9.59 Å². The number of carbonyl (C=O) groups is 1. The fourth-order valence-electron chi connectivity index (χ4n) is 1.41. The molecule has 1 aromatic carbocycles. The summed E-state index contributed by atoms with van der Waals surface area (Å²) in [4.78, 5) is 22.0. The van der Waals surface area contributed by atoms with E-state index in [2.05, 4.69) is 0 Å². The molecular weight excluding hydrogens is 267 g/mol. The molecule has 2 rings (SSSR count). The summed E-state index contributed by atoms with van der Waals surface area (Å²) >= 11 is 5.65. The monoisotopic (exact) mass is 274 g/mol. The quantitative estimate of drug-likeness (QED) is 0.675. The lowest BCUT2D eigenvalue weighted by Gasteiger charge is -2.00. The number of benzene rings is 1. The number of carboxylic acid groups (broad SMARTS) is 1. The Morgan fingerprint density at radius 2 is 2.06 bits per heavy atom. The molecule has 0 spiro atoms. The Morgan fingerprint density at radius 1 is 1.35 bits per heavy atom. The molecule has 1 N–H and O–H groups in total. The summed E-state index contributed by atoms with van der Waals surface area (Å²) in [5.41, 5.74) is -0.0407. The Morgan fingerprint density at radius 3 is 2.65 bits per heavy atom. The molecule has 0 bridgehead atoms. The Kier molecular flexibility index (Phi) is 4.15. The summed E-state index contributed by atoms with van der Waals surface area (Å²) in [7, 11) is 0. The van der Waals surface area contributed by atoms with Gasteiger partial charge in [-0.2, -0.15) is 0 Å². The predicted octanol–water partition coefficient (Wildman–Crippen LogP) is 2.65. The Balaban J connectivity index is 0.00000144. The van der Waals surface area contributed by atoms with Crippen molar-refractivity contribution in [1.82, 2.24) is 0 Å². The maximum Gasteiger partial charge on any atom is 0.351 e. The van der Waals surface area contributed by atoms with Gasteiger partial charge in [-0.15, -0.1) is 24.0 Å². The molecule has 0 aliphatic heterocycles. The van der Waals surface area contributed by atoms with Gasteiger partial charge in [0.15, 0.2) is 0 Å². The van der Waals surface area contributed by atoms with Crippen molar-refractivity contribution in [3.63, 3.8) is 0 Å². The molecule has 17 heavy (non-hydrogen) atoms. The molecule has 6 heteroatoms. The molecule has 0 aliphatic rings. The van der Waals surface area contributed by atoms with Gasteiger partial charge in [0.1, 0.15) is 11.1 Å². The SMILES string of the molecule is Cl.O=C(O)c1cc2cc(CCl)ccc2oc1=O. The van der Waals surface area contributed by atoms with E-state index in [-0.39, 0.29) is 18.0 Å². The third kappa shape index (κ3) is 2.60. The van der Waals surface area contributed by atoms with Crippen molar-refractivity contribution in [3.05, 3.63) is 45.8 Å². The van der Waals surface area contributed by atoms with Gasteiger partial charge in [0.25, 0.3) is 0 Å². The third-order valence-electron chi connectivity index (χ3n) is 2.18. The van der Waals surface area contributed by atoms with Crippen LogP contribution in [0.2, 0.25) is 0 Å². The number of aromatic carboxylic acids is 1. The summed E-state index contributed by atoms with van der Waals surface area (Å²) in [6.45, 7) is 0. The molecule has 90 valence electrons. The normalized spacial score (nSPS) is 9.94. The molecule has 4 nitrogen and oxygen atoms in total. The molecule has 0 fully saturated rings.